The van der Waals surface area contributed by atoms with Gasteiger partial charge in [0.15, 0.2) is 6.61 Å². The van der Waals surface area contributed by atoms with Crippen molar-refractivity contribution in [2.45, 2.75) is 27.3 Å². The highest BCUT2D eigenvalue weighted by Crippen LogP contribution is 2.17. The van der Waals surface area contributed by atoms with Crippen LogP contribution in [0.5, 0.6) is 0 Å². The van der Waals surface area contributed by atoms with Gasteiger partial charge in [0, 0.05) is 5.41 Å². The number of amides is 1. The van der Waals surface area contributed by atoms with E-state index in [2.05, 4.69) is 25.8 Å². The van der Waals surface area contributed by atoms with E-state index in [1.54, 1.807) is 23.1 Å². The summed E-state index contributed by atoms with van der Waals surface area (Å²) in [6.07, 6.45) is 4.43. The van der Waals surface area contributed by atoms with E-state index in [0.717, 1.165) is 0 Å². The minimum Gasteiger partial charge on any atom is -0.386 e. The molecule has 0 bridgehead atoms. The Labute approximate surface area is 150 Å². The molecular weight excluding hydrogens is 339 g/mol. The van der Waals surface area contributed by atoms with E-state index in [1.165, 1.54) is 24.7 Å². The molecule has 0 spiro atoms. The van der Waals surface area contributed by atoms with Gasteiger partial charge in [-0.25, -0.2) is 19.5 Å². The van der Waals surface area contributed by atoms with Gasteiger partial charge in [-0.15, -0.1) is 0 Å². The van der Waals surface area contributed by atoms with Crippen molar-refractivity contribution in [3.05, 3.63) is 48.3 Å². The van der Waals surface area contributed by atoms with E-state index in [1.807, 2.05) is 20.8 Å². The van der Waals surface area contributed by atoms with Crippen LogP contribution in [0.2, 0.25) is 0 Å². The number of hydrazone groups is 1. The number of aromatic nitrogens is 3. The van der Waals surface area contributed by atoms with Gasteiger partial charge in [0.2, 0.25) is 0 Å². The minimum atomic E-state index is -0.457. The number of carbonyl (C=O) groups is 1. The number of rotatable bonds is 7. The molecule has 26 heavy (non-hydrogen) atoms. The second-order valence-electron chi connectivity index (χ2n) is 6.50. The third-order valence-electron chi connectivity index (χ3n) is 3.29. The molecule has 1 aromatic carbocycles. The summed E-state index contributed by atoms with van der Waals surface area (Å²) in [5.41, 5.74) is 3.43. The Hall–Kier alpha value is -3.10. The summed E-state index contributed by atoms with van der Waals surface area (Å²) in [5.74, 6) is -0.792. The maximum absolute atomic E-state index is 12.8. The molecule has 0 aliphatic carbocycles. The first kappa shape index (κ1) is 19.2. The van der Waals surface area contributed by atoms with Crippen LogP contribution in [0.25, 0.3) is 0 Å². The van der Waals surface area contributed by atoms with E-state index in [4.69, 9.17) is 4.84 Å². The Balaban J connectivity index is 1.84. The van der Waals surface area contributed by atoms with Crippen molar-refractivity contribution < 1.29 is 14.0 Å². The molecule has 0 fully saturated rings. The van der Waals surface area contributed by atoms with Crippen LogP contribution in [0.4, 0.5) is 4.39 Å². The van der Waals surface area contributed by atoms with Crippen molar-refractivity contribution >= 4 is 17.8 Å². The number of nitrogens with one attached hydrogen (secondary N) is 1. The second-order valence-corrected chi connectivity index (χ2v) is 6.50. The SMILES string of the molecule is CC(C)(C)/C(Cn1cncn1)=N/OCC(=O)N/N=C/c1ccc(F)cc1. The third kappa shape index (κ3) is 6.42. The highest BCUT2D eigenvalue weighted by atomic mass is 19.1. The zero-order valence-corrected chi connectivity index (χ0v) is 14.9. The highest BCUT2D eigenvalue weighted by molar-refractivity contribution is 5.88. The van der Waals surface area contributed by atoms with Gasteiger partial charge in [0.1, 0.15) is 18.5 Å². The van der Waals surface area contributed by atoms with Crippen LogP contribution >= 0.6 is 0 Å². The fourth-order valence-corrected chi connectivity index (χ4v) is 1.80. The first-order valence-corrected chi connectivity index (χ1v) is 7.94. The minimum absolute atomic E-state index is 0.261. The average Bonchev–Trinajstić information content (AvgIpc) is 3.08. The number of nitrogens with zero attached hydrogens (tertiary/aromatic N) is 5. The lowest BCUT2D eigenvalue weighted by atomic mass is 9.90. The van der Waals surface area contributed by atoms with Crippen LogP contribution in [-0.2, 0) is 16.2 Å². The molecule has 138 valence electrons. The lowest BCUT2D eigenvalue weighted by Crippen LogP contribution is -2.27. The number of benzene rings is 1. The summed E-state index contributed by atoms with van der Waals surface area (Å²) in [5, 5.41) is 11.9. The van der Waals surface area contributed by atoms with Gasteiger partial charge >= 0.3 is 0 Å². The van der Waals surface area contributed by atoms with Crippen LogP contribution in [0.3, 0.4) is 0 Å². The largest absolute Gasteiger partial charge is 0.386 e. The molecule has 1 heterocycles. The molecule has 1 N–H and O–H groups in total. The predicted octanol–water partition coefficient (Wildman–Crippen LogP) is 1.99. The molecule has 9 heteroatoms. The highest BCUT2D eigenvalue weighted by Gasteiger charge is 2.21. The summed E-state index contributed by atoms with van der Waals surface area (Å²) < 4.78 is 14.4. The van der Waals surface area contributed by atoms with Gasteiger partial charge in [-0.2, -0.15) is 10.2 Å². The van der Waals surface area contributed by atoms with Gasteiger partial charge in [0.05, 0.1) is 18.5 Å². The van der Waals surface area contributed by atoms with Gasteiger partial charge in [-0.3, -0.25) is 4.79 Å². The second kappa shape index (κ2) is 8.84. The first-order chi connectivity index (χ1) is 12.3. The Morgan fingerprint density at radius 1 is 1.35 bits per heavy atom. The normalized spacial score (nSPS) is 12.4. The lowest BCUT2D eigenvalue weighted by molar-refractivity contribution is -0.125. The molecule has 2 aromatic rings. The monoisotopic (exact) mass is 360 g/mol. The number of oxime groups is 1. The van der Waals surface area contributed by atoms with E-state index in [9.17, 15) is 9.18 Å². The van der Waals surface area contributed by atoms with Crippen molar-refractivity contribution in [2.75, 3.05) is 6.61 Å². The lowest BCUT2D eigenvalue weighted by Gasteiger charge is -2.20. The molecule has 0 atom stereocenters. The summed E-state index contributed by atoms with van der Waals surface area (Å²) >= 11 is 0. The van der Waals surface area contributed by atoms with E-state index in [0.29, 0.717) is 17.8 Å². The molecule has 0 saturated carbocycles. The van der Waals surface area contributed by atoms with Crippen molar-refractivity contribution in [1.82, 2.24) is 20.2 Å². The van der Waals surface area contributed by atoms with Crippen LogP contribution in [-0.4, -0.2) is 39.2 Å². The van der Waals surface area contributed by atoms with Gasteiger partial charge in [0.25, 0.3) is 5.91 Å². The van der Waals surface area contributed by atoms with E-state index < -0.39 is 5.91 Å². The molecule has 1 aromatic heterocycles. The predicted molar refractivity (Wildman–Crippen MR) is 95.0 cm³/mol. The molecule has 2 rings (SSSR count). The number of halogens is 1. The van der Waals surface area contributed by atoms with E-state index in [-0.39, 0.29) is 17.8 Å². The van der Waals surface area contributed by atoms with E-state index >= 15 is 0 Å². The van der Waals surface area contributed by atoms with Crippen LogP contribution < -0.4 is 5.43 Å². The van der Waals surface area contributed by atoms with Gasteiger partial charge < -0.3 is 4.84 Å². The summed E-state index contributed by atoms with van der Waals surface area (Å²) in [6.45, 7) is 6.09. The van der Waals surface area contributed by atoms with Crippen LogP contribution in [0, 0.1) is 11.2 Å². The third-order valence-corrected chi connectivity index (χ3v) is 3.29. The summed E-state index contributed by atoms with van der Waals surface area (Å²) in [7, 11) is 0. The van der Waals surface area contributed by atoms with Crippen LogP contribution in [0.15, 0.2) is 47.2 Å². The fraction of sp³-hybridized carbons (Fsp3) is 0.353. The maximum Gasteiger partial charge on any atom is 0.280 e. The van der Waals surface area contributed by atoms with Crippen molar-refractivity contribution in [1.29, 1.82) is 0 Å². The van der Waals surface area contributed by atoms with Crippen LogP contribution in [0.1, 0.15) is 26.3 Å². The van der Waals surface area contributed by atoms with Crippen molar-refractivity contribution in [2.24, 2.45) is 15.7 Å². The van der Waals surface area contributed by atoms with Crippen molar-refractivity contribution in [3.8, 4) is 0 Å². The standard InChI is InChI=1S/C17H21FN6O2/c1-17(2,3)15(9-24-12-19-11-21-24)23-26-10-16(25)22-20-8-13-4-6-14(18)7-5-13/h4-8,11-12H,9-10H2,1-3H3,(H,22,25)/b20-8+,23-15+. The smallest absolute Gasteiger partial charge is 0.280 e. The number of carbonyl (C=O) groups excluding carboxylic acids is 1. The zero-order chi connectivity index (χ0) is 19.0. The van der Waals surface area contributed by atoms with Crippen molar-refractivity contribution in [3.63, 3.8) is 0 Å². The summed E-state index contributed by atoms with van der Waals surface area (Å²) in [6, 6.07) is 5.71. The summed E-state index contributed by atoms with van der Waals surface area (Å²) in [4.78, 5) is 20.8. The molecule has 1 amide bonds. The average molecular weight is 360 g/mol. The molecule has 0 aliphatic heterocycles. The quantitative estimate of drug-likeness (QED) is 0.603. The Kier molecular flexibility index (Phi) is 6.54. The zero-order valence-electron chi connectivity index (χ0n) is 14.9. The number of hydrogen-bond donors (Lipinski definition) is 1. The topological polar surface area (TPSA) is 93.8 Å². The molecule has 8 nitrogen and oxygen atoms in total. The number of hydrogen-bond acceptors (Lipinski definition) is 6. The molecule has 0 saturated heterocycles. The fourth-order valence-electron chi connectivity index (χ4n) is 1.80. The molecule has 0 aliphatic rings. The Bertz CT molecular complexity index is 764. The van der Waals surface area contributed by atoms with Gasteiger partial charge in [-0.05, 0) is 17.7 Å². The first-order valence-electron chi connectivity index (χ1n) is 7.94. The van der Waals surface area contributed by atoms with Gasteiger partial charge in [-0.1, -0.05) is 38.1 Å². The Morgan fingerprint density at radius 3 is 2.69 bits per heavy atom. The molecule has 0 radical (unpaired) electrons. The molecule has 0 unspecified atom stereocenters. The Morgan fingerprint density at radius 2 is 2.08 bits per heavy atom. The molecular formula is C17H21FN6O2. The maximum atomic E-state index is 12.8.